The van der Waals surface area contributed by atoms with Crippen LogP contribution in [0.3, 0.4) is 0 Å². The Bertz CT molecular complexity index is 584. The largest absolute Gasteiger partial charge is 0.457 e. The Kier molecular flexibility index (Phi) is 4.17. The van der Waals surface area contributed by atoms with Crippen LogP contribution in [0, 0.1) is 11.3 Å². The zero-order valence-corrected chi connectivity index (χ0v) is 10.7. The molecule has 2 aromatic rings. The zero-order chi connectivity index (χ0) is 13.7. The molecule has 2 rings (SSSR count). The van der Waals surface area contributed by atoms with Gasteiger partial charge in [0.05, 0.1) is 17.7 Å². The maximum Gasteiger partial charge on any atom is 0.133 e. The first kappa shape index (κ1) is 13.1. The van der Waals surface area contributed by atoms with E-state index in [9.17, 15) is 5.11 Å². The summed E-state index contributed by atoms with van der Waals surface area (Å²) in [6.45, 7) is 1.92. The van der Waals surface area contributed by atoms with E-state index in [1.54, 1.807) is 24.3 Å². The summed E-state index contributed by atoms with van der Waals surface area (Å²) in [5, 5.41) is 18.7. The monoisotopic (exact) mass is 253 g/mol. The SMILES string of the molecule is CCC(O)c1ccccc1Oc1ccc(C#N)cc1. The van der Waals surface area contributed by atoms with Crippen LogP contribution in [0.1, 0.15) is 30.6 Å². The van der Waals surface area contributed by atoms with Crippen LogP contribution in [0.25, 0.3) is 0 Å². The van der Waals surface area contributed by atoms with Gasteiger partial charge < -0.3 is 9.84 Å². The van der Waals surface area contributed by atoms with Crippen molar-refractivity contribution in [3.8, 4) is 17.6 Å². The Morgan fingerprint density at radius 3 is 2.47 bits per heavy atom. The number of para-hydroxylation sites is 1. The highest BCUT2D eigenvalue weighted by Gasteiger charge is 2.11. The molecule has 0 heterocycles. The van der Waals surface area contributed by atoms with Crippen LogP contribution in [-0.4, -0.2) is 5.11 Å². The molecule has 0 saturated heterocycles. The van der Waals surface area contributed by atoms with E-state index in [-0.39, 0.29) is 0 Å². The number of aliphatic hydroxyl groups excluding tert-OH is 1. The van der Waals surface area contributed by atoms with Crippen LogP contribution in [0.2, 0.25) is 0 Å². The molecule has 0 aliphatic rings. The van der Waals surface area contributed by atoms with Gasteiger partial charge in [-0.1, -0.05) is 25.1 Å². The molecule has 96 valence electrons. The first-order chi connectivity index (χ1) is 9.24. The Morgan fingerprint density at radius 2 is 1.84 bits per heavy atom. The summed E-state index contributed by atoms with van der Waals surface area (Å²) in [5.74, 6) is 1.29. The lowest BCUT2D eigenvalue weighted by Gasteiger charge is -2.14. The fraction of sp³-hybridized carbons (Fsp3) is 0.188. The Morgan fingerprint density at radius 1 is 1.16 bits per heavy atom. The van der Waals surface area contributed by atoms with Gasteiger partial charge in [-0.2, -0.15) is 5.26 Å². The van der Waals surface area contributed by atoms with E-state index in [1.165, 1.54) is 0 Å². The average Bonchev–Trinajstić information content (AvgIpc) is 2.48. The minimum Gasteiger partial charge on any atom is -0.457 e. The lowest BCUT2D eigenvalue weighted by molar-refractivity contribution is 0.170. The molecule has 19 heavy (non-hydrogen) atoms. The third-order valence-electron chi connectivity index (χ3n) is 2.88. The number of nitrogens with zero attached hydrogens (tertiary/aromatic N) is 1. The van der Waals surface area contributed by atoms with E-state index >= 15 is 0 Å². The highest BCUT2D eigenvalue weighted by Crippen LogP contribution is 2.30. The molecule has 0 aromatic heterocycles. The zero-order valence-electron chi connectivity index (χ0n) is 10.7. The van der Waals surface area contributed by atoms with Crippen molar-refractivity contribution in [3.05, 3.63) is 59.7 Å². The van der Waals surface area contributed by atoms with E-state index in [0.717, 1.165) is 5.56 Å². The number of nitriles is 1. The third-order valence-corrected chi connectivity index (χ3v) is 2.88. The molecule has 0 spiro atoms. The summed E-state index contributed by atoms with van der Waals surface area (Å²) in [6, 6.07) is 16.4. The number of ether oxygens (including phenoxy) is 1. The van der Waals surface area contributed by atoms with Gasteiger partial charge in [-0.05, 0) is 36.8 Å². The van der Waals surface area contributed by atoms with Gasteiger partial charge in [-0.25, -0.2) is 0 Å². The van der Waals surface area contributed by atoms with Crippen LogP contribution in [0.5, 0.6) is 11.5 Å². The number of rotatable bonds is 4. The van der Waals surface area contributed by atoms with Gasteiger partial charge in [0.15, 0.2) is 0 Å². The van der Waals surface area contributed by atoms with Crippen LogP contribution in [0.4, 0.5) is 0 Å². The molecule has 0 radical (unpaired) electrons. The molecule has 0 aliphatic heterocycles. The van der Waals surface area contributed by atoms with Gasteiger partial charge in [0.2, 0.25) is 0 Å². The number of benzene rings is 2. The van der Waals surface area contributed by atoms with E-state index in [0.29, 0.717) is 23.5 Å². The van der Waals surface area contributed by atoms with Crippen molar-refractivity contribution in [1.82, 2.24) is 0 Å². The molecule has 0 amide bonds. The first-order valence-corrected chi connectivity index (χ1v) is 6.19. The number of hydrogen-bond acceptors (Lipinski definition) is 3. The predicted octanol–water partition coefficient (Wildman–Crippen LogP) is 3.79. The van der Waals surface area contributed by atoms with Crippen molar-refractivity contribution in [2.45, 2.75) is 19.4 Å². The second-order valence-corrected chi connectivity index (χ2v) is 4.20. The highest BCUT2D eigenvalue weighted by atomic mass is 16.5. The summed E-state index contributed by atoms with van der Waals surface area (Å²) in [7, 11) is 0. The van der Waals surface area contributed by atoms with Gasteiger partial charge in [0.25, 0.3) is 0 Å². The predicted molar refractivity (Wildman–Crippen MR) is 72.9 cm³/mol. The lowest BCUT2D eigenvalue weighted by Crippen LogP contribution is -1.98. The molecule has 0 fully saturated rings. The number of aliphatic hydroxyl groups is 1. The van der Waals surface area contributed by atoms with Crippen molar-refractivity contribution >= 4 is 0 Å². The quantitative estimate of drug-likeness (QED) is 0.901. The molecule has 1 unspecified atom stereocenters. The molecule has 3 nitrogen and oxygen atoms in total. The maximum absolute atomic E-state index is 9.95. The minimum absolute atomic E-state index is 0.533. The maximum atomic E-state index is 9.95. The lowest BCUT2D eigenvalue weighted by atomic mass is 10.1. The standard InChI is InChI=1S/C16H15NO2/c1-2-15(18)14-5-3-4-6-16(14)19-13-9-7-12(11-17)8-10-13/h3-10,15,18H,2H2,1H3. The van der Waals surface area contributed by atoms with E-state index < -0.39 is 6.10 Å². The molecular weight excluding hydrogens is 238 g/mol. The van der Waals surface area contributed by atoms with E-state index in [4.69, 9.17) is 10.00 Å². The summed E-state index contributed by atoms with van der Waals surface area (Å²) >= 11 is 0. The smallest absolute Gasteiger partial charge is 0.133 e. The van der Waals surface area contributed by atoms with Gasteiger partial charge in [0.1, 0.15) is 11.5 Å². The van der Waals surface area contributed by atoms with Crippen LogP contribution >= 0.6 is 0 Å². The molecule has 1 atom stereocenters. The molecular formula is C16H15NO2. The molecule has 0 aliphatic carbocycles. The van der Waals surface area contributed by atoms with Gasteiger partial charge >= 0.3 is 0 Å². The topological polar surface area (TPSA) is 53.2 Å². The minimum atomic E-state index is -0.533. The fourth-order valence-electron chi connectivity index (χ4n) is 1.79. The molecule has 1 N–H and O–H groups in total. The van der Waals surface area contributed by atoms with Gasteiger partial charge in [-0.15, -0.1) is 0 Å². The molecule has 0 bridgehead atoms. The Labute approximate surface area is 112 Å². The number of hydrogen-bond donors (Lipinski definition) is 1. The van der Waals surface area contributed by atoms with Gasteiger partial charge in [-0.3, -0.25) is 0 Å². The highest BCUT2D eigenvalue weighted by molar-refractivity contribution is 5.41. The average molecular weight is 253 g/mol. The van der Waals surface area contributed by atoms with E-state index in [1.807, 2.05) is 31.2 Å². The summed E-state index contributed by atoms with van der Waals surface area (Å²) in [4.78, 5) is 0. The Balaban J connectivity index is 2.25. The van der Waals surface area contributed by atoms with Crippen molar-refractivity contribution in [1.29, 1.82) is 5.26 Å². The van der Waals surface area contributed by atoms with Crippen molar-refractivity contribution in [2.24, 2.45) is 0 Å². The van der Waals surface area contributed by atoms with Crippen molar-refractivity contribution in [3.63, 3.8) is 0 Å². The van der Waals surface area contributed by atoms with Crippen LogP contribution < -0.4 is 4.74 Å². The molecule has 3 heteroatoms. The first-order valence-electron chi connectivity index (χ1n) is 6.19. The second-order valence-electron chi connectivity index (χ2n) is 4.20. The Hall–Kier alpha value is -2.31. The van der Waals surface area contributed by atoms with Crippen molar-refractivity contribution < 1.29 is 9.84 Å². The van der Waals surface area contributed by atoms with Crippen LogP contribution in [-0.2, 0) is 0 Å². The normalized spacial score (nSPS) is 11.6. The summed E-state index contributed by atoms with van der Waals surface area (Å²) in [5.41, 5.74) is 1.36. The summed E-state index contributed by atoms with van der Waals surface area (Å²) < 4.78 is 5.76. The van der Waals surface area contributed by atoms with Crippen LogP contribution in [0.15, 0.2) is 48.5 Å². The van der Waals surface area contributed by atoms with Gasteiger partial charge in [0, 0.05) is 5.56 Å². The van der Waals surface area contributed by atoms with E-state index in [2.05, 4.69) is 6.07 Å². The molecule has 2 aromatic carbocycles. The second kappa shape index (κ2) is 6.03. The molecule has 0 saturated carbocycles. The summed E-state index contributed by atoms with van der Waals surface area (Å²) in [6.07, 6.45) is 0.0999. The van der Waals surface area contributed by atoms with Crippen molar-refractivity contribution in [2.75, 3.05) is 0 Å². The third kappa shape index (κ3) is 3.12. The fourth-order valence-corrected chi connectivity index (χ4v) is 1.79.